The van der Waals surface area contributed by atoms with Crippen molar-refractivity contribution < 1.29 is 8.78 Å². The molecule has 0 fully saturated rings. The van der Waals surface area contributed by atoms with E-state index in [1.54, 1.807) is 10.9 Å². The lowest BCUT2D eigenvalue weighted by Crippen LogP contribution is -2.31. The van der Waals surface area contributed by atoms with Crippen LogP contribution in [0.1, 0.15) is 37.2 Å². The van der Waals surface area contributed by atoms with Crippen LogP contribution in [-0.4, -0.2) is 9.78 Å². The van der Waals surface area contributed by atoms with Gasteiger partial charge in [0.2, 0.25) is 0 Å². The Morgan fingerprint density at radius 2 is 2.00 bits per heavy atom. The number of nitrogens with two attached hydrogens (primary N) is 1. The van der Waals surface area contributed by atoms with E-state index in [1.807, 2.05) is 13.8 Å². The van der Waals surface area contributed by atoms with E-state index >= 15 is 0 Å². The predicted octanol–water partition coefficient (Wildman–Crippen LogP) is 3.06. The smallest absolute Gasteiger partial charge is 0.159 e. The fraction of sp³-hybridized carbons (Fsp3) is 0.308. The summed E-state index contributed by atoms with van der Waals surface area (Å²) in [6.45, 7) is 3.95. The summed E-state index contributed by atoms with van der Waals surface area (Å²) >= 11 is 3.41. The van der Waals surface area contributed by atoms with Gasteiger partial charge in [-0.2, -0.15) is 5.10 Å². The number of nitrogens with zero attached hydrogens (tertiary/aromatic N) is 2. The first-order valence-corrected chi connectivity index (χ1v) is 6.89. The van der Waals surface area contributed by atoms with Crippen LogP contribution in [0.2, 0.25) is 0 Å². The number of aromatic nitrogens is 2. The zero-order chi connectivity index (χ0) is 14.9. The maximum atomic E-state index is 13.4. The van der Waals surface area contributed by atoms with Gasteiger partial charge in [0.05, 0.1) is 22.4 Å². The van der Waals surface area contributed by atoms with E-state index in [2.05, 4.69) is 26.5 Å². The van der Waals surface area contributed by atoms with Gasteiger partial charge in [0.25, 0.3) is 0 Å². The number of benzene rings is 1. The van der Waals surface area contributed by atoms with E-state index in [1.165, 1.54) is 6.07 Å². The number of hydrazine groups is 1. The minimum Gasteiger partial charge on any atom is -0.271 e. The topological polar surface area (TPSA) is 55.9 Å². The van der Waals surface area contributed by atoms with Gasteiger partial charge in [-0.15, -0.1) is 0 Å². The number of rotatable bonds is 4. The second-order valence-electron chi connectivity index (χ2n) is 4.69. The highest BCUT2D eigenvalue weighted by Gasteiger charge is 2.23. The van der Waals surface area contributed by atoms with Crippen LogP contribution < -0.4 is 11.3 Å². The van der Waals surface area contributed by atoms with Gasteiger partial charge in [-0.25, -0.2) is 14.2 Å². The zero-order valence-corrected chi connectivity index (χ0v) is 12.7. The third-order valence-electron chi connectivity index (χ3n) is 2.99. The summed E-state index contributed by atoms with van der Waals surface area (Å²) in [6.07, 6.45) is 1.65. The van der Waals surface area contributed by atoms with E-state index in [-0.39, 0.29) is 6.04 Å². The van der Waals surface area contributed by atoms with Gasteiger partial charge < -0.3 is 0 Å². The molecule has 1 atom stereocenters. The van der Waals surface area contributed by atoms with Crippen LogP contribution in [0, 0.1) is 11.6 Å². The van der Waals surface area contributed by atoms with Crippen LogP contribution in [0.15, 0.2) is 28.9 Å². The monoisotopic (exact) mass is 344 g/mol. The van der Waals surface area contributed by atoms with Gasteiger partial charge in [-0.1, -0.05) is 6.07 Å². The first kappa shape index (κ1) is 15.1. The van der Waals surface area contributed by atoms with Gasteiger partial charge in [0.1, 0.15) is 0 Å². The molecule has 1 unspecified atom stereocenters. The third kappa shape index (κ3) is 2.74. The molecule has 0 radical (unpaired) electrons. The molecule has 20 heavy (non-hydrogen) atoms. The Balaban J connectivity index is 2.52. The summed E-state index contributed by atoms with van der Waals surface area (Å²) in [4.78, 5) is 0. The fourth-order valence-corrected chi connectivity index (χ4v) is 2.56. The summed E-state index contributed by atoms with van der Waals surface area (Å²) < 4.78 is 29.0. The van der Waals surface area contributed by atoms with E-state index in [4.69, 9.17) is 5.84 Å². The second kappa shape index (κ2) is 5.99. The molecular weight excluding hydrogens is 330 g/mol. The molecule has 1 aromatic carbocycles. The predicted molar refractivity (Wildman–Crippen MR) is 75.8 cm³/mol. The maximum absolute atomic E-state index is 13.4. The summed E-state index contributed by atoms with van der Waals surface area (Å²) in [5.74, 6) is 3.80. The molecule has 1 aromatic heterocycles. The lowest BCUT2D eigenvalue weighted by Gasteiger charge is -2.21. The molecule has 7 heteroatoms. The molecule has 4 nitrogen and oxygen atoms in total. The fourth-order valence-electron chi connectivity index (χ4n) is 2.06. The first-order chi connectivity index (χ1) is 9.45. The number of nitrogens with one attached hydrogen (secondary N) is 1. The summed E-state index contributed by atoms with van der Waals surface area (Å²) in [6, 6.07) is 3.32. The Labute approximate surface area is 124 Å². The van der Waals surface area contributed by atoms with Gasteiger partial charge in [0.15, 0.2) is 11.6 Å². The van der Waals surface area contributed by atoms with E-state index in [9.17, 15) is 8.78 Å². The molecule has 0 aliphatic heterocycles. The number of halogens is 3. The van der Waals surface area contributed by atoms with Crippen molar-refractivity contribution in [1.29, 1.82) is 0 Å². The molecule has 3 N–H and O–H groups in total. The van der Waals surface area contributed by atoms with Gasteiger partial charge in [-0.3, -0.25) is 10.5 Å². The molecule has 108 valence electrons. The van der Waals surface area contributed by atoms with E-state index in [0.717, 1.165) is 22.3 Å². The SMILES string of the molecule is CC(C)n1ncc(Br)c1C(NN)c1ccc(F)c(F)c1. The molecule has 0 saturated carbocycles. The van der Waals surface area contributed by atoms with Gasteiger partial charge in [0, 0.05) is 6.04 Å². The minimum atomic E-state index is -0.908. The van der Waals surface area contributed by atoms with Crippen molar-refractivity contribution in [2.24, 2.45) is 5.84 Å². The molecule has 2 rings (SSSR count). The van der Waals surface area contributed by atoms with Crippen LogP contribution >= 0.6 is 15.9 Å². The molecule has 0 aliphatic rings. The van der Waals surface area contributed by atoms with Crippen molar-refractivity contribution in [2.75, 3.05) is 0 Å². The highest BCUT2D eigenvalue weighted by atomic mass is 79.9. The largest absolute Gasteiger partial charge is 0.271 e. The van der Waals surface area contributed by atoms with Crippen molar-refractivity contribution in [3.63, 3.8) is 0 Å². The van der Waals surface area contributed by atoms with Crippen LogP contribution in [0.25, 0.3) is 0 Å². The third-order valence-corrected chi connectivity index (χ3v) is 3.60. The van der Waals surface area contributed by atoms with E-state index in [0.29, 0.717) is 5.56 Å². The van der Waals surface area contributed by atoms with Crippen molar-refractivity contribution >= 4 is 15.9 Å². The average molecular weight is 345 g/mol. The summed E-state index contributed by atoms with van der Waals surface area (Å²) in [7, 11) is 0. The lowest BCUT2D eigenvalue weighted by molar-refractivity contribution is 0.470. The van der Waals surface area contributed by atoms with Crippen molar-refractivity contribution in [3.05, 3.63) is 51.8 Å². The molecule has 2 aromatic rings. The lowest BCUT2D eigenvalue weighted by atomic mass is 10.0. The van der Waals surface area contributed by atoms with Crippen LogP contribution in [-0.2, 0) is 0 Å². The highest BCUT2D eigenvalue weighted by molar-refractivity contribution is 9.10. The average Bonchev–Trinajstić information content (AvgIpc) is 2.77. The summed E-state index contributed by atoms with van der Waals surface area (Å²) in [5.41, 5.74) is 3.90. The standard InChI is InChI=1S/C13H15BrF2N4/c1-7(2)20-13(9(14)6-18-20)12(19-17)8-3-4-10(15)11(16)5-8/h3-7,12,19H,17H2,1-2H3. The van der Waals surface area contributed by atoms with Crippen molar-refractivity contribution in [3.8, 4) is 0 Å². The van der Waals surface area contributed by atoms with Crippen molar-refractivity contribution in [1.82, 2.24) is 15.2 Å². The molecule has 0 amide bonds. The molecule has 1 heterocycles. The van der Waals surface area contributed by atoms with Crippen molar-refractivity contribution in [2.45, 2.75) is 25.9 Å². The Hall–Kier alpha value is -1.31. The normalized spacial score (nSPS) is 12.9. The molecule has 0 saturated heterocycles. The van der Waals surface area contributed by atoms with Crippen LogP contribution in [0.3, 0.4) is 0 Å². The Bertz CT molecular complexity index is 612. The Morgan fingerprint density at radius 1 is 1.30 bits per heavy atom. The highest BCUT2D eigenvalue weighted by Crippen LogP contribution is 2.30. The Morgan fingerprint density at radius 3 is 2.55 bits per heavy atom. The first-order valence-electron chi connectivity index (χ1n) is 6.09. The second-order valence-corrected chi connectivity index (χ2v) is 5.54. The maximum Gasteiger partial charge on any atom is 0.159 e. The van der Waals surface area contributed by atoms with Crippen LogP contribution in [0.5, 0.6) is 0 Å². The molecular formula is C13H15BrF2N4. The molecule has 0 aliphatic carbocycles. The minimum absolute atomic E-state index is 0.109. The number of hydrogen-bond donors (Lipinski definition) is 2. The zero-order valence-electron chi connectivity index (χ0n) is 11.1. The Kier molecular flexibility index (Phi) is 4.52. The number of hydrogen-bond acceptors (Lipinski definition) is 3. The van der Waals surface area contributed by atoms with Gasteiger partial charge in [-0.05, 0) is 47.5 Å². The van der Waals surface area contributed by atoms with Crippen LogP contribution in [0.4, 0.5) is 8.78 Å². The molecule has 0 spiro atoms. The quantitative estimate of drug-likeness (QED) is 0.662. The van der Waals surface area contributed by atoms with E-state index < -0.39 is 17.7 Å². The summed E-state index contributed by atoms with van der Waals surface area (Å²) in [5, 5.41) is 4.26. The molecule has 0 bridgehead atoms. The van der Waals surface area contributed by atoms with Gasteiger partial charge >= 0.3 is 0 Å².